The van der Waals surface area contributed by atoms with Gasteiger partial charge in [0.05, 0.1) is 31.1 Å². The maximum atomic E-state index is 14.9. The predicted octanol–water partition coefficient (Wildman–Crippen LogP) is 6.71. The van der Waals surface area contributed by atoms with Gasteiger partial charge in [0.25, 0.3) is 0 Å². The highest BCUT2D eigenvalue weighted by atomic mass is 35.5. The van der Waals surface area contributed by atoms with Crippen LogP contribution in [0.15, 0.2) is 96.0 Å². The summed E-state index contributed by atoms with van der Waals surface area (Å²) in [7, 11) is -1.00. The van der Waals surface area contributed by atoms with Gasteiger partial charge in [-0.3, -0.25) is 9.48 Å². The molecule has 1 saturated heterocycles. The fraction of sp³-hybridized carbons (Fsp3) is 0.297. The van der Waals surface area contributed by atoms with Crippen molar-refractivity contribution in [2.24, 2.45) is 5.92 Å². The lowest BCUT2D eigenvalue weighted by Gasteiger charge is -2.24. The summed E-state index contributed by atoms with van der Waals surface area (Å²) in [5.74, 6) is 1.38. The number of carbonyl (C=O) groups is 1. The van der Waals surface area contributed by atoms with Gasteiger partial charge in [0.2, 0.25) is 15.9 Å². The van der Waals surface area contributed by atoms with E-state index in [-0.39, 0.29) is 30.3 Å². The monoisotopic (exact) mass is 702 g/mol. The summed E-state index contributed by atoms with van der Waals surface area (Å²) in [5.41, 5.74) is 3.03. The van der Waals surface area contributed by atoms with E-state index < -0.39 is 10.0 Å². The van der Waals surface area contributed by atoms with Crippen LogP contribution in [0.25, 0.3) is 10.9 Å². The number of amides is 1. The van der Waals surface area contributed by atoms with Crippen molar-refractivity contribution in [2.45, 2.75) is 43.8 Å². The van der Waals surface area contributed by atoms with E-state index in [1.54, 1.807) is 68.9 Å². The zero-order chi connectivity index (χ0) is 34.4. The van der Waals surface area contributed by atoms with Crippen molar-refractivity contribution < 1.29 is 27.4 Å². The molecule has 1 aliphatic heterocycles. The molecule has 0 radical (unpaired) electrons. The van der Waals surface area contributed by atoms with Crippen LogP contribution in [-0.4, -0.2) is 55.8 Å². The van der Waals surface area contributed by atoms with Gasteiger partial charge in [0.15, 0.2) is 0 Å². The summed E-state index contributed by atoms with van der Waals surface area (Å²) in [6.07, 6.45) is 3.63. The first-order chi connectivity index (χ1) is 23.7. The molecule has 0 aliphatic carbocycles. The molecule has 0 saturated carbocycles. The number of aromatic nitrogens is 2. The SMILES string of the molecule is COc1ccc(CN(Cc2ccc(OC)cc2)S(=O)(=O)c2cc(NC(=O)Cc3ccccc3Cl)cc3nn(CC4CCOCC4)cc23)cc1. The van der Waals surface area contributed by atoms with Crippen molar-refractivity contribution in [3.05, 3.63) is 113 Å². The molecule has 256 valence electrons. The minimum atomic E-state index is -4.17. The molecule has 1 fully saturated rings. The number of nitrogens with one attached hydrogen (secondary N) is 1. The highest BCUT2D eigenvalue weighted by Gasteiger charge is 2.29. The third kappa shape index (κ3) is 8.42. The molecule has 4 aromatic carbocycles. The number of hydrogen-bond donors (Lipinski definition) is 1. The van der Waals surface area contributed by atoms with Crippen LogP contribution in [0.1, 0.15) is 29.5 Å². The van der Waals surface area contributed by atoms with Gasteiger partial charge in [-0.2, -0.15) is 9.40 Å². The third-order valence-electron chi connectivity index (χ3n) is 8.67. The third-order valence-corrected chi connectivity index (χ3v) is 10.9. The fourth-order valence-electron chi connectivity index (χ4n) is 5.97. The summed E-state index contributed by atoms with van der Waals surface area (Å²) in [4.78, 5) is 13.3. The van der Waals surface area contributed by atoms with Crippen LogP contribution in [0, 0.1) is 5.92 Å². The van der Waals surface area contributed by atoms with Gasteiger partial charge in [-0.05, 0) is 77.9 Å². The quantitative estimate of drug-likeness (QED) is 0.145. The molecule has 6 rings (SSSR count). The standard InChI is InChI=1S/C37H39ClN4O6S/c1-46-31-11-7-26(8-12-31)23-42(24-27-9-13-32(47-2)14-10-27)49(44,45)36-21-30(39-37(43)19-29-5-3-4-6-34(29)38)20-35-33(36)25-41(40-35)22-28-15-17-48-18-16-28/h3-14,20-21,25,28H,15-19,22-24H2,1-2H3,(H,39,43). The van der Waals surface area contributed by atoms with Crippen molar-refractivity contribution in [3.63, 3.8) is 0 Å². The number of nitrogens with zero attached hydrogens (tertiary/aromatic N) is 3. The maximum Gasteiger partial charge on any atom is 0.244 e. The van der Waals surface area contributed by atoms with E-state index in [4.69, 9.17) is 30.9 Å². The molecular weight excluding hydrogens is 664 g/mol. The second-order valence-corrected chi connectivity index (χ2v) is 14.4. The molecule has 1 aromatic heterocycles. The van der Waals surface area contributed by atoms with Crippen molar-refractivity contribution in [3.8, 4) is 11.5 Å². The number of fused-ring (bicyclic) bond motifs is 1. The number of anilines is 1. The molecule has 5 aromatic rings. The molecule has 0 unspecified atom stereocenters. The lowest BCUT2D eigenvalue weighted by Crippen LogP contribution is -2.30. The van der Waals surface area contributed by atoms with Gasteiger partial charge >= 0.3 is 0 Å². The Balaban J connectivity index is 1.40. The van der Waals surface area contributed by atoms with Crippen molar-refractivity contribution in [1.29, 1.82) is 0 Å². The van der Waals surface area contributed by atoms with Crippen LogP contribution in [0.5, 0.6) is 11.5 Å². The van der Waals surface area contributed by atoms with E-state index in [0.29, 0.717) is 64.4 Å². The van der Waals surface area contributed by atoms with E-state index in [2.05, 4.69) is 5.32 Å². The van der Waals surface area contributed by atoms with Crippen molar-refractivity contribution in [2.75, 3.05) is 32.8 Å². The minimum Gasteiger partial charge on any atom is -0.497 e. The number of benzene rings is 4. The number of ether oxygens (including phenoxy) is 3. The predicted molar refractivity (Wildman–Crippen MR) is 189 cm³/mol. The van der Waals surface area contributed by atoms with Crippen LogP contribution in [0.4, 0.5) is 5.69 Å². The Labute approximate surface area is 291 Å². The number of carbonyl (C=O) groups excluding carboxylic acids is 1. The van der Waals surface area contributed by atoms with Crippen molar-refractivity contribution >= 4 is 44.1 Å². The second kappa shape index (κ2) is 15.4. The minimum absolute atomic E-state index is 0.0268. The summed E-state index contributed by atoms with van der Waals surface area (Å²) in [5, 5.41) is 8.67. The molecule has 10 nitrogen and oxygen atoms in total. The van der Waals surface area contributed by atoms with E-state index in [1.807, 2.05) is 35.0 Å². The molecule has 0 spiro atoms. The Kier molecular flexibility index (Phi) is 10.8. The van der Waals surface area contributed by atoms with Gasteiger partial charge in [0, 0.05) is 55.1 Å². The van der Waals surface area contributed by atoms with Crippen LogP contribution < -0.4 is 14.8 Å². The first-order valence-corrected chi connectivity index (χ1v) is 17.9. The van der Waals surface area contributed by atoms with Crippen LogP contribution >= 0.6 is 11.6 Å². The molecule has 12 heteroatoms. The maximum absolute atomic E-state index is 14.9. The molecule has 1 amide bonds. The van der Waals surface area contributed by atoms with E-state index in [9.17, 15) is 13.2 Å². The van der Waals surface area contributed by atoms with Crippen LogP contribution in [0.3, 0.4) is 0 Å². The summed E-state index contributed by atoms with van der Waals surface area (Å²) < 4.78 is 49.2. The number of hydrogen-bond acceptors (Lipinski definition) is 7. The summed E-state index contributed by atoms with van der Waals surface area (Å²) >= 11 is 6.32. The Bertz CT molecular complexity index is 1960. The first kappa shape index (κ1) is 34.4. The number of sulfonamides is 1. The first-order valence-electron chi connectivity index (χ1n) is 16.1. The van der Waals surface area contributed by atoms with E-state index in [0.717, 1.165) is 24.0 Å². The van der Waals surface area contributed by atoms with Gasteiger partial charge in [0.1, 0.15) is 11.5 Å². The zero-order valence-corrected chi connectivity index (χ0v) is 29.0. The molecule has 0 bridgehead atoms. The Hall–Kier alpha value is -4.42. The zero-order valence-electron chi connectivity index (χ0n) is 27.5. The smallest absolute Gasteiger partial charge is 0.244 e. The van der Waals surface area contributed by atoms with Gasteiger partial charge in [-0.25, -0.2) is 8.42 Å². The van der Waals surface area contributed by atoms with E-state index in [1.165, 1.54) is 10.4 Å². The number of halogens is 1. The molecular formula is C37H39ClN4O6S. The van der Waals surface area contributed by atoms with Gasteiger partial charge in [-0.1, -0.05) is 54.1 Å². The highest BCUT2D eigenvalue weighted by Crippen LogP contribution is 2.32. The Morgan fingerprint density at radius 1 is 0.939 bits per heavy atom. The molecule has 1 aliphatic rings. The van der Waals surface area contributed by atoms with Gasteiger partial charge < -0.3 is 19.5 Å². The number of methoxy groups -OCH3 is 2. The largest absolute Gasteiger partial charge is 0.497 e. The highest BCUT2D eigenvalue weighted by molar-refractivity contribution is 7.89. The summed E-state index contributed by atoms with van der Waals surface area (Å²) in [6, 6.07) is 25.0. The lowest BCUT2D eigenvalue weighted by atomic mass is 10.0. The molecule has 1 N–H and O–H groups in total. The fourth-order valence-corrected chi connectivity index (χ4v) is 7.80. The average molecular weight is 703 g/mol. The van der Waals surface area contributed by atoms with Crippen LogP contribution in [0.2, 0.25) is 5.02 Å². The molecule has 0 atom stereocenters. The second-order valence-electron chi connectivity index (χ2n) is 12.1. The normalized spacial score (nSPS) is 13.9. The Morgan fingerprint density at radius 3 is 2.14 bits per heavy atom. The Morgan fingerprint density at radius 2 is 1.55 bits per heavy atom. The topological polar surface area (TPSA) is 112 Å². The number of rotatable bonds is 13. The van der Waals surface area contributed by atoms with Crippen LogP contribution in [-0.2, 0) is 45.6 Å². The lowest BCUT2D eigenvalue weighted by molar-refractivity contribution is -0.115. The van der Waals surface area contributed by atoms with Gasteiger partial charge in [-0.15, -0.1) is 0 Å². The van der Waals surface area contributed by atoms with E-state index >= 15 is 0 Å². The average Bonchev–Trinajstić information content (AvgIpc) is 3.51. The molecule has 2 heterocycles. The molecule has 49 heavy (non-hydrogen) atoms. The summed E-state index contributed by atoms with van der Waals surface area (Å²) in [6.45, 7) is 2.21. The van der Waals surface area contributed by atoms with Crippen molar-refractivity contribution in [1.82, 2.24) is 14.1 Å².